The maximum absolute atomic E-state index is 12.2. The fraction of sp³-hybridized carbons (Fsp3) is 0.929. The molecule has 1 heterocycles. The maximum Gasteiger partial charge on any atom is 0.240 e. The van der Waals surface area contributed by atoms with E-state index in [2.05, 4.69) is 19.2 Å². The molecule has 0 aromatic heterocycles. The van der Waals surface area contributed by atoms with Crippen LogP contribution in [0, 0.1) is 11.8 Å². The van der Waals surface area contributed by atoms with E-state index < -0.39 is 0 Å². The number of hydrogen-bond donors (Lipinski definition) is 1. The van der Waals surface area contributed by atoms with Crippen LogP contribution in [0.5, 0.6) is 0 Å². The van der Waals surface area contributed by atoms with Gasteiger partial charge in [0.25, 0.3) is 0 Å². The van der Waals surface area contributed by atoms with Crippen LogP contribution in [0.3, 0.4) is 0 Å². The Balaban J connectivity index is 1.80. The van der Waals surface area contributed by atoms with Crippen LogP contribution in [-0.2, 0) is 4.79 Å². The number of nitrogens with one attached hydrogen (secondary N) is 1. The highest BCUT2D eigenvalue weighted by Crippen LogP contribution is 2.32. The van der Waals surface area contributed by atoms with Crippen molar-refractivity contribution < 1.29 is 4.79 Å². The van der Waals surface area contributed by atoms with Crippen molar-refractivity contribution in [2.45, 2.75) is 58.4 Å². The summed E-state index contributed by atoms with van der Waals surface area (Å²) in [4.78, 5) is 14.2. The zero-order chi connectivity index (χ0) is 12.3. The highest BCUT2D eigenvalue weighted by molar-refractivity contribution is 5.83. The minimum absolute atomic E-state index is 0.103. The predicted molar refractivity (Wildman–Crippen MR) is 69.5 cm³/mol. The number of carbonyl (C=O) groups is 1. The van der Waals surface area contributed by atoms with Crippen LogP contribution in [0.4, 0.5) is 0 Å². The van der Waals surface area contributed by atoms with Gasteiger partial charge in [0.15, 0.2) is 0 Å². The van der Waals surface area contributed by atoms with Crippen LogP contribution in [0.25, 0.3) is 0 Å². The Morgan fingerprint density at radius 3 is 2.88 bits per heavy atom. The van der Waals surface area contributed by atoms with Crippen molar-refractivity contribution >= 4 is 5.91 Å². The summed E-state index contributed by atoms with van der Waals surface area (Å²) in [5, 5.41) is 3.36. The van der Waals surface area contributed by atoms with Gasteiger partial charge in [-0.1, -0.05) is 39.5 Å². The van der Waals surface area contributed by atoms with E-state index >= 15 is 0 Å². The highest BCUT2D eigenvalue weighted by Gasteiger charge is 2.34. The zero-order valence-corrected chi connectivity index (χ0v) is 11.2. The summed E-state index contributed by atoms with van der Waals surface area (Å²) in [5.74, 6) is 1.89. The van der Waals surface area contributed by atoms with Gasteiger partial charge in [-0.15, -0.1) is 0 Å². The molecular formula is C14H26N2O. The quantitative estimate of drug-likeness (QED) is 0.797. The zero-order valence-electron chi connectivity index (χ0n) is 11.2. The highest BCUT2D eigenvalue weighted by atomic mass is 16.2. The molecule has 3 heteroatoms. The van der Waals surface area contributed by atoms with Gasteiger partial charge < -0.3 is 4.90 Å². The molecule has 17 heavy (non-hydrogen) atoms. The lowest BCUT2D eigenvalue weighted by molar-refractivity contribution is -0.129. The van der Waals surface area contributed by atoms with Gasteiger partial charge in [-0.2, -0.15) is 0 Å². The van der Waals surface area contributed by atoms with Crippen LogP contribution in [0.2, 0.25) is 0 Å². The molecule has 3 unspecified atom stereocenters. The molecular weight excluding hydrogens is 212 g/mol. The monoisotopic (exact) mass is 238 g/mol. The second-order valence-corrected chi connectivity index (χ2v) is 5.79. The van der Waals surface area contributed by atoms with Crippen LogP contribution in [-0.4, -0.2) is 30.1 Å². The summed E-state index contributed by atoms with van der Waals surface area (Å²) >= 11 is 0. The molecule has 0 radical (unpaired) electrons. The van der Waals surface area contributed by atoms with E-state index in [4.69, 9.17) is 0 Å². The largest absolute Gasteiger partial charge is 0.328 e. The second kappa shape index (κ2) is 5.85. The Morgan fingerprint density at radius 1 is 1.41 bits per heavy atom. The molecule has 2 rings (SSSR count). The lowest BCUT2D eigenvalue weighted by Crippen LogP contribution is -2.34. The van der Waals surface area contributed by atoms with E-state index in [0.717, 1.165) is 37.9 Å². The average molecular weight is 238 g/mol. The molecule has 0 bridgehead atoms. The van der Waals surface area contributed by atoms with Gasteiger partial charge >= 0.3 is 0 Å². The number of amides is 1. The third kappa shape index (κ3) is 3.01. The minimum Gasteiger partial charge on any atom is -0.328 e. The summed E-state index contributed by atoms with van der Waals surface area (Å²) < 4.78 is 0. The van der Waals surface area contributed by atoms with Crippen molar-refractivity contribution in [1.82, 2.24) is 10.2 Å². The molecule has 1 N–H and O–H groups in total. The summed E-state index contributed by atoms with van der Waals surface area (Å²) in [6.07, 6.45) is 7.33. The van der Waals surface area contributed by atoms with Crippen LogP contribution in [0.1, 0.15) is 52.4 Å². The molecule has 3 nitrogen and oxygen atoms in total. The Kier molecular flexibility index (Phi) is 4.43. The van der Waals surface area contributed by atoms with Crippen LogP contribution < -0.4 is 5.32 Å². The Morgan fingerprint density at radius 2 is 2.24 bits per heavy atom. The molecule has 3 atom stereocenters. The molecule has 1 saturated heterocycles. The van der Waals surface area contributed by atoms with Gasteiger partial charge in [-0.25, -0.2) is 0 Å². The van der Waals surface area contributed by atoms with Crippen molar-refractivity contribution in [3.8, 4) is 0 Å². The molecule has 1 saturated carbocycles. The van der Waals surface area contributed by atoms with Crippen molar-refractivity contribution in [1.29, 1.82) is 0 Å². The SMILES string of the molecule is CCCCC1NCN(CC2CCCC2C)C1=O. The van der Waals surface area contributed by atoms with Gasteiger partial charge in [0, 0.05) is 6.54 Å². The molecule has 1 aliphatic heterocycles. The first kappa shape index (κ1) is 12.9. The van der Waals surface area contributed by atoms with Gasteiger partial charge in [0.2, 0.25) is 5.91 Å². The Labute approximate surface area is 105 Å². The topological polar surface area (TPSA) is 32.3 Å². The molecule has 2 fully saturated rings. The Bertz CT molecular complexity index is 267. The Hall–Kier alpha value is -0.570. The number of carbonyl (C=O) groups excluding carboxylic acids is 1. The van der Waals surface area contributed by atoms with Gasteiger partial charge in [-0.3, -0.25) is 10.1 Å². The normalized spacial score (nSPS) is 33.6. The van der Waals surface area contributed by atoms with E-state index in [1.807, 2.05) is 4.90 Å². The van der Waals surface area contributed by atoms with Gasteiger partial charge in [0.1, 0.15) is 0 Å². The fourth-order valence-corrected chi connectivity index (χ4v) is 3.17. The standard InChI is InChI=1S/C14H26N2O/c1-3-4-8-13-14(17)16(10-15-13)9-12-7-5-6-11(12)2/h11-13,15H,3-10H2,1-2H3. The van der Waals surface area contributed by atoms with Crippen LogP contribution >= 0.6 is 0 Å². The summed E-state index contributed by atoms with van der Waals surface area (Å²) in [5.41, 5.74) is 0. The number of unbranched alkanes of at least 4 members (excludes halogenated alkanes) is 1. The van der Waals surface area contributed by atoms with Crippen molar-refractivity contribution in [3.05, 3.63) is 0 Å². The van der Waals surface area contributed by atoms with Gasteiger partial charge in [0.05, 0.1) is 12.7 Å². The molecule has 1 amide bonds. The molecule has 2 aliphatic rings. The van der Waals surface area contributed by atoms with E-state index in [1.54, 1.807) is 0 Å². The summed E-state index contributed by atoms with van der Waals surface area (Å²) in [7, 11) is 0. The maximum atomic E-state index is 12.2. The molecule has 0 spiro atoms. The molecule has 0 aromatic rings. The van der Waals surface area contributed by atoms with E-state index in [0.29, 0.717) is 5.91 Å². The van der Waals surface area contributed by atoms with Gasteiger partial charge in [-0.05, 0) is 24.7 Å². The molecule has 1 aliphatic carbocycles. The van der Waals surface area contributed by atoms with E-state index in [-0.39, 0.29) is 6.04 Å². The van der Waals surface area contributed by atoms with E-state index in [1.165, 1.54) is 25.7 Å². The third-order valence-electron chi connectivity index (χ3n) is 4.48. The van der Waals surface area contributed by atoms with Crippen molar-refractivity contribution in [2.75, 3.05) is 13.2 Å². The fourth-order valence-electron chi connectivity index (χ4n) is 3.17. The number of rotatable bonds is 5. The molecule has 0 aromatic carbocycles. The van der Waals surface area contributed by atoms with Crippen LogP contribution in [0.15, 0.2) is 0 Å². The summed E-state index contributed by atoms with van der Waals surface area (Å²) in [6, 6.07) is 0.103. The summed E-state index contributed by atoms with van der Waals surface area (Å²) in [6.45, 7) is 6.27. The first-order valence-corrected chi connectivity index (χ1v) is 7.24. The predicted octanol–water partition coefficient (Wildman–Crippen LogP) is 2.37. The second-order valence-electron chi connectivity index (χ2n) is 5.79. The van der Waals surface area contributed by atoms with E-state index in [9.17, 15) is 4.79 Å². The number of nitrogens with zero attached hydrogens (tertiary/aromatic N) is 1. The van der Waals surface area contributed by atoms with Crippen molar-refractivity contribution in [2.24, 2.45) is 11.8 Å². The number of hydrogen-bond acceptors (Lipinski definition) is 2. The molecule has 98 valence electrons. The first-order valence-electron chi connectivity index (χ1n) is 7.24. The third-order valence-corrected chi connectivity index (χ3v) is 4.48. The lowest BCUT2D eigenvalue weighted by Gasteiger charge is -2.23. The first-order chi connectivity index (χ1) is 8.22. The lowest BCUT2D eigenvalue weighted by atomic mass is 9.97. The van der Waals surface area contributed by atoms with Crippen molar-refractivity contribution in [3.63, 3.8) is 0 Å². The average Bonchev–Trinajstić information content (AvgIpc) is 2.86. The minimum atomic E-state index is 0.103. The smallest absolute Gasteiger partial charge is 0.240 e.